The first-order valence-corrected chi connectivity index (χ1v) is 6.92. The van der Waals surface area contributed by atoms with Crippen molar-refractivity contribution in [1.82, 2.24) is 4.90 Å². The van der Waals surface area contributed by atoms with E-state index in [0.717, 1.165) is 38.9 Å². The SMILES string of the molecule is NC(CCN1CCC(C(=O)O)CC1)c1ccccc1. The number of aliphatic carboxylic acids is 1. The van der Waals surface area contributed by atoms with Crippen LogP contribution in [-0.2, 0) is 4.79 Å². The first kappa shape index (κ1) is 14.0. The van der Waals surface area contributed by atoms with Crippen LogP contribution in [0, 0.1) is 5.92 Å². The van der Waals surface area contributed by atoms with Gasteiger partial charge in [-0.25, -0.2) is 0 Å². The lowest BCUT2D eigenvalue weighted by molar-refractivity contribution is -0.143. The molecule has 0 spiro atoms. The van der Waals surface area contributed by atoms with Crippen LogP contribution in [0.1, 0.15) is 30.9 Å². The predicted molar refractivity (Wildman–Crippen MR) is 74.8 cm³/mol. The van der Waals surface area contributed by atoms with Gasteiger partial charge in [-0.15, -0.1) is 0 Å². The molecule has 0 saturated carbocycles. The third kappa shape index (κ3) is 4.04. The molecular weight excluding hydrogens is 240 g/mol. The van der Waals surface area contributed by atoms with Crippen molar-refractivity contribution in [2.24, 2.45) is 11.7 Å². The maximum atomic E-state index is 10.9. The van der Waals surface area contributed by atoms with Gasteiger partial charge < -0.3 is 15.7 Å². The Hall–Kier alpha value is -1.39. The minimum Gasteiger partial charge on any atom is -0.481 e. The van der Waals surface area contributed by atoms with Crippen LogP contribution in [-0.4, -0.2) is 35.6 Å². The van der Waals surface area contributed by atoms with Crippen molar-refractivity contribution < 1.29 is 9.90 Å². The maximum absolute atomic E-state index is 10.9. The maximum Gasteiger partial charge on any atom is 0.306 e. The van der Waals surface area contributed by atoms with E-state index in [2.05, 4.69) is 17.0 Å². The molecule has 1 atom stereocenters. The van der Waals surface area contributed by atoms with Gasteiger partial charge in [0.25, 0.3) is 0 Å². The van der Waals surface area contributed by atoms with Crippen LogP contribution in [0.25, 0.3) is 0 Å². The van der Waals surface area contributed by atoms with Gasteiger partial charge in [-0.3, -0.25) is 4.79 Å². The van der Waals surface area contributed by atoms with Gasteiger partial charge in [-0.05, 0) is 44.5 Å². The molecule has 0 aliphatic carbocycles. The molecule has 4 nitrogen and oxygen atoms in total. The number of hydrogen-bond acceptors (Lipinski definition) is 3. The standard InChI is InChI=1S/C15H22N2O2/c16-14(12-4-2-1-3-5-12)8-11-17-9-6-13(7-10-17)15(18)19/h1-5,13-14H,6-11,16H2,(H,18,19). The molecule has 1 aliphatic rings. The molecule has 1 unspecified atom stereocenters. The Bertz CT molecular complexity index is 400. The highest BCUT2D eigenvalue weighted by molar-refractivity contribution is 5.70. The Labute approximate surface area is 114 Å². The van der Waals surface area contributed by atoms with E-state index >= 15 is 0 Å². The number of piperidine rings is 1. The molecule has 3 N–H and O–H groups in total. The van der Waals surface area contributed by atoms with Crippen molar-refractivity contribution in [3.05, 3.63) is 35.9 Å². The summed E-state index contributed by atoms with van der Waals surface area (Å²) in [5, 5.41) is 8.95. The van der Waals surface area contributed by atoms with Gasteiger partial charge >= 0.3 is 5.97 Å². The highest BCUT2D eigenvalue weighted by Crippen LogP contribution is 2.19. The zero-order chi connectivity index (χ0) is 13.7. The second-order valence-electron chi connectivity index (χ2n) is 5.26. The minimum atomic E-state index is -0.652. The monoisotopic (exact) mass is 262 g/mol. The molecule has 4 heteroatoms. The van der Waals surface area contributed by atoms with Crippen LogP contribution in [0.5, 0.6) is 0 Å². The van der Waals surface area contributed by atoms with Crippen LogP contribution in [0.3, 0.4) is 0 Å². The zero-order valence-electron chi connectivity index (χ0n) is 11.2. The van der Waals surface area contributed by atoms with Crippen LogP contribution < -0.4 is 5.73 Å². The summed E-state index contributed by atoms with van der Waals surface area (Å²) in [6.45, 7) is 2.69. The molecule has 0 amide bonds. The number of nitrogens with two attached hydrogens (primary N) is 1. The summed E-state index contributed by atoms with van der Waals surface area (Å²) in [7, 11) is 0. The van der Waals surface area contributed by atoms with Gasteiger partial charge in [0.15, 0.2) is 0 Å². The topological polar surface area (TPSA) is 66.6 Å². The molecular formula is C15H22N2O2. The minimum absolute atomic E-state index is 0.0680. The highest BCUT2D eigenvalue weighted by atomic mass is 16.4. The summed E-state index contributed by atoms with van der Waals surface area (Å²) >= 11 is 0. The number of hydrogen-bond donors (Lipinski definition) is 2. The molecule has 1 aromatic rings. The van der Waals surface area contributed by atoms with E-state index in [1.165, 1.54) is 5.56 Å². The second kappa shape index (κ2) is 6.68. The molecule has 1 fully saturated rings. The summed E-state index contributed by atoms with van der Waals surface area (Å²) in [6.07, 6.45) is 2.44. The van der Waals surface area contributed by atoms with E-state index in [0.29, 0.717) is 0 Å². The lowest BCUT2D eigenvalue weighted by atomic mass is 9.96. The van der Waals surface area contributed by atoms with Gasteiger partial charge in [0, 0.05) is 6.04 Å². The number of carboxylic acids is 1. The lowest BCUT2D eigenvalue weighted by Crippen LogP contribution is -2.37. The summed E-state index contributed by atoms with van der Waals surface area (Å²) in [5.41, 5.74) is 7.34. The third-order valence-electron chi connectivity index (χ3n) is 3.92. The van der Waals surface area contributed by atoms with Gasteiger partial charge in [-0.2, -0.15) is 0 Å². The van der Waals surface area contributed by atoms with E-state index in [1.807, 2.05) is 18.2 Å². The number of nitrogens with zero attached hydrogens (tertiary/aromatic N) is 1. The largest absolute Gasteiger partial charge is 0.481 e. The van der Waals surface area contributed by atoms with Crippen molar-refractivity contribution in [3.8, 4) is 0 Å². The Kier molecular flexibility index (Phi) is 4.93. The van der Waals surface area contributed by atoms with Crippen molar-refractivity contribution in [2.75, 3.05) is 19.6 Å². The molecule has 1 heterocycles. The van der Waals surface area contributed by atoms with Gasteiger partial charge in [0.2, 0.25) is 0 Å². The van der Waals surface area contributed by atoms with Crippen LogP contribution in [0.4, 0.5) is 0 Å². The summed E-state index contributed by atoms with van der Waals surface area (Å²) in [6, 6.07) is 10.2. The molecule has 104 valence electrons. The normalized spacial score (nSPS) is 19.2. The molecule has 1 aliphatic heterocycles. The van der Waals surface area contributed by atoms with Crippen molar-refractivity contribution in [2.45, 2.75) is 25.3 Å². The van der Waals surface area contributed by atoms with Crippen molar-refractivity contribution in [3.63, 3.8) is 0 Å². The third-order valence-corrected chi connectivity index (χ3v) is 3.92. The fraction of sp³-hybridized carbons (Fsp3) is 0.533. The van der Waals surface area contributed by atoms with Crippen molar-refractivity contribution in [1.29, 1.82) is 0 Å². The van der Waals surface area contributed by atoms with Gasteiger partial charge in [0.1, 0.15) is 0 Å². The van der Waals surface area contributed by atoms with Crippen molar-refractivity contribution >= 4 is 5.97 Å². The average molecular weight is 262 g/mol. The van der Waals surface area contributed by atoms with Gasteiger partial charge in [-0.1, -0.05) is 30.3 Å². The summed E-state index contributed by atoms with van der Waals surface area (Å²) in [5.74, 6) is -0.806. The Morgan fingerprint density at radius 1 is 1.32 bits per heavy atom. The fourth-order valence-corrected chi connectivity index (χ4v) is 2.59. The summed E-state index contributed by atoms with van der Waals surface area (Å²) < 4.78 is 0. The van der Waals surface area contributed by atoms with E-state index < -0.39 is 5.97 Å². The lowest BCUT2D eigenvalue weighted by Gasteiger charge is -2.30. The number of carboxylic acid groups (broad SMARTS) is 1. The first-order chi connectivity index (χ1) is 9.16. The number of benzene rings is 1. The molecule has 0 bridgehead atoms. The average Bonchev–Trinajstić information content (AvgIpc) is 2.46. The predicted octanol–water partition coefficient (Wildman–Crippen LogP) is 1.87. The Morgan fingerprint density at radius 2 is 1.95 bits per heavy atom. The molecule has 0 radical (unpaired) electrons. The summed E-state index contributed by atoms with van der Waals surface area (Å²) in [4.78, 5) is 13.2. The highest BCUT2D eigenvalue weighted by Gasteiger charge is 2.24. The molecule has 1 aromatic carbocycles. The second-order valence-corrected chi connectivity index (χ2v) is 5.26. The molecule has 1 saturated heterocycles. The van der Waals surface area contributed by atoms with E-state index in [9.17, 15) is 4.79 Å². The van der Waals surface area contributed by atoms with E-state index in [-0.39, 0.29) is 12.0 Å². The molecule has 19 heavy (non-hydrogen) atoms. The van der Waals surface area contributed by atoms with E-state index in [4.69, 9.17) is 10.8 Å². The molecule has 2 rings (SSSR count). The fourth-order valence-electron chi connectivity index (χ4n) is 2.59. The molecule has 0 aromatic heterocycles. The Balaban J connectivity index is 1.73. The van der Waals surface area contributed by atoms with E-state index in [1.54, 1.807) is 0 Å². The smallest absolute Gasteiger partial charge is 0.306 e. The Morgan fingerprint density at radius 3 is 2.53 bits per heavy atom. The van der Waals surface area contributed by atoms with Crippen LogP contribution in [0.2, 0.25) is 0 Å². The number of carbonyl (C=O) groups is 1. The van der Waals surface area contributed by atoms with Gasteiger partial charge in [0.05, 0.1) is 5.92 Å². The van der Waals surface area contributed by atoms with Crippen LogP contribution >= 0.6 is 0 Å². The zero-order valence-corrected chi connectivity index (χ0v) is 11.2. The number of likely N-dealkylation sites (tertiary alicyclic amines) is 1. The number of rotatable bonds is 5. The quantitative estimate of drug-likeness (QED) is 0.850. The van der Waals surface area contributed by atoms with Crippen LogP contribution in [0.15, 0.2) is 30.3 Å². The first-order valence-electron chi connectivity index (χ1n) is 6.92.